The predicted molar refractivity (Wildman–Crippen MR) is 73.3 cm³/mol. The third-order valence-corrected chi connectivity index (χ3v) is 3.85. The van der Waals surface area contributed by atoms with Crippen LogP contribution in [0.1, 0.15) is 22.9 Å². The van der Waals surface area contributed by atoms with Gasteiger partial charge in [0.1, 0.15) is 18.0 Å². The number of nitrogens with zero attached hydrogens (tertiary/aromatic N) is 3. The molecule has 0 radical (unpaired) electrons. The van der Waals surface area contributed by atoms with Crippen LogP contribution in [-0.2, 0) is 6.42 Å². The molecule has 0 spiro atoms. The largest absolute Gasteiger partial charge is 0.285 e. The maximum atomic E-state index is 13.1. The van der Waals surface area contributed by atoms with E-state index in [1.807, 2.05) is 28.8 Å². The molecule has 1 aliphatic heterocycles. The predicted octanol–water partition coefficient (Wildman–Crippen LogP) is 3.09. The minimum absolute atomic E-state index is 0.198. The van der Waals surface area contributed by atoms with Crippen molar-refractivity contribution in [2.24, 2.45) is 0 Å². The highest BCUT2D eigenvalue weighted by atomic mass is 19.1. The lowest BCUT2D eigenvalue weighted by molar-refractivity contribution is 0.624. The van der Waals surface area contributed by atoms with Crippen LogP contribution < -0.4 is 0 Å². The van der Waals surface area contributed by atoms with Crippen molar-refractivity contribution < 1.29 is 4.39 Å². The van der Waals surface area contributed by atoms with Gasteiger partial charge in [-0.1, -0.05) is 30.3 Å². The number of benzene rings is 2. The second kappa shape index (κ2) is 4.27. The van der Waals surface area contributed by atoms with Crippen LogP contribution >= 0.6 is 0 Å². The van der Waals surface area contributed by atoms with Crippen molar-refractivity contribution >= 4 is 0 Å². The SMILES string of the molecule is Fc1ccc(C2Cc3nncn3-c3ccccc32)cc1. The van der Waals surface area contributed by atoms with E-state index < -0.39 is 0 Å². The number of hydrogen-bond acceptors (Lipinski definition) is 2. The summed E-state index contributed by atoms with van der Waals surface area (Å²) in [6.07, 6.45) is 2.53. The molecule has 2 aromatic carbocycles. The van der Waals surface area contributed by atoms with Gasteiger partial charge < -0.3 is 0 Å². The lowest BCUT2D eigenvalue weighted by Crippen LogP contribution is -2.18. The quantitative estimate of drug-likeness (QED) is 0.677. The molecule has 4 heteroatoms. The first kappa shape index (κ1) is 11.3. The van der Waals surface area contributed by atoms with E-state index in [1.165, 1.54) is 17.7 Å². The molecule has 0 fully saturated rings. The van der Waals surface area contributed by atoms with Crippen molar-refractivity contribution in [3.8, 4) is 5.69 Å². The molecule has 3 nitrogen and oxygen atoms in total. The Labute approximate surface area is 115 Å². The molecule has 2 heterocycles. The molecule has 98 valence electrons. The Morgan fingerprint density at radius 3 is 2.70 bits per heavy atom. The molecule has 0 bridgehead atoms. The summed E-state index contributed by atoms with van der Waals surface area (Å²) in [5.41, 5.74) is 3.44. The maximum Gasteiger partial charge on any atom is 0.138 e. The average Bonchev–Trinajstić information content (AvgIpc) is 2.96. The van der Waals surface area contributed by atoms with Crippen molar-refractivity contribution in [3.63, 3.8) is 0 Å². The van der Waals surface area contributed by atoms with Crippen molar-refractivity contribution in [2.75, 3.05) is 0 Å². The van der Waals surface area contributed by atoms with E-state index in [-0.39, 0.29) is 11.7 Å². The van der Waals surface area contributed by atoms with Gasteiger partial charge in [0.2, 0.25) is 0 Å². The summed E-state index contributed by atoms with van der Waals surface area (Å²) in [4.78, 5) is 0. The summed E-state index contributed by atoms with van der Waals surface area (Å²) in [6.45, 7) is 0. The minimum atomic E-state index is -0.207. The molecule has 1 aromatic heterocycles. The van der Waals surface area contributed by atoms with Gasteiger partial charge in [0, 0.05) is 12.3 Å². The Bertz CT molecular complexity index is 761. The van der Waals surface area contributed by atoms with Gasteiger partial charge in [-0.05, 0) is 29.3 Å². The van der Waals surface area contributed by atoms with Crippen LogP contribution in [0.3, 0.4) is 0 Å². The van der Waals surface area contributed by atoms with Crippen molar-refractivity contribution in [1.29, 1.82) is 0 Å². The third kappa shape index (κ3) is 1.65. The second-order valence-corrected chi connectivity index (χ2v) is 4.98. The lowest BCUT2D eigenvalue weighted by atomic mass is 9.85. The fraction of sp³-hybridized carbons (Fsp3) is 0.125. The Morgan fingerprint density at radius 1 is 1.05 bits per heavy atom. The first-order valence-electron chi connectivity index (χ1n) is 6.56. The topological polar surface area (TPSA) is 30.7 Å². The fourth-order valence-corrected chi connectivity index (χ4v) is 2.89. The van der Waals surface area contributed by atoms with E-state index in [4.69, 9.17) is 0 Å². The number of halogens is 1. The molecular formula is C16H12FN3. The normalized spacial score (nSPS) is 16.6. The maximum absolute atomic E-state index is 13.1. The lowest BCUT2D eigenvalue weighted by Gasteiger charge is -2.26. The molecule has 1 unspecified atom stereocenters. The number of para-hydroxylation sites is 1. The van der Waals surface area contributed by atoms with Crippen LogP contribution in [0.15, 0.2) is 54.9 Å². The van der Waals surface area contributed by atoms with Crippen LogP contribution in [0.4, 0.5) is 4.39 Å². The van der Waals surface area contributed by atoms with E-state index >= 15 is 0 Å². The van der Waals surface area contributed by atoms with Crippen LogP contribution in [0, 0.1) is 5.82 Å². The zero-order chi connectivity index (χ0) is 13.5. The number of aromatic nitrogens is 3. The molecule has 4 rings (SSSR count). The summed E-state index contributed by atoms with van der Waals surface area (Å²) >= 11 is 0. The molecule has 1 aliphatic rings. The highest BCUT2D eigenvalue weighted by molar-refractivity contribution is 5.50. The summed E-state index contributed by atoms with van der Waals surface area (Å²) in [6, 6.07) is 14.9. The smallest absolute Gasteiger partial charge is 0.138 e. The molecule has 20 heavy (non-hydrogen) atoms. The van der Waals surface area contributed by atoms with Gasteiger partial charge in [0.05, 0.1) is 5.69 Å². The van der Waals surface area contributed by atoms with E-state index in [0.29, 0.717) is 0 Å². The van der Waals surface area contributed by atoms with E-state index in [9.17, 15) is 4.39 Å². The average molecular weight is 265 g/mol. The molecule has 0 saturated carbocycles. The molecule has 0 N–H and O–H groups in total. The van der Waals surface area contributed by atoms with Crippen LogP contribution in [-0.4, -0.2) is 14.8 Å². The summed E-state index contributed by atoms with van der Waals surface area (Å²) in [7, 11) is 0. The zero-order valence-electron chi connectivity index (χ0n) is 10.7. The molecule has 0 aliphatic carbocycles. The zero-order valence-corrected chi connectivity index (χ0v) is 10.7. The molecule has 0 saturated heterocycles. The number of hydrogen-bond donors (Lipinski definition) is 0. The molecule has 3 aromatic rings. The Hall–Kier alpha value is -2.49. The first-order chi connectivity index (χ1) is 9.83. The summed E-state index contributed by atoms with van der Waals surface area (Å²) in [5.74, 6) is 0.933. The Kier molecular flexibility index (Phi) is 2.42. The summed E-state index contributed by atoms with van der Waals surface area (Å²) < 4.78 is 15.1. The van der Waals surface area contributed by atoms with Crippen molar-refractivity contribution in [3.05, 3.63) is 77.6 Å². The number of fused-ring (bicyclic) bond motifs is 3. The third-order valence-electron chi connectivity index (χ3n) is 3.85. The van der Waals surface area contributed by atoms with Gasteiger partial charge in [-0.3, -0.25) is 4.57 Å². The minimum Gasteiger partial charge on any atom is -0.285 e. The molecule has 1 atom stereocenters. The van der Waals surface area contributed by atoms with Crippen LogP contribution in [0.25, 0.3) is 5.69 Å². The van der Waals surface area contributed by atoms with Crippen LogP contribution in [0.5, 0.6) is 0 Å². The second-order valence-electron chi connectivity index (χ2n) is 4.98. The van der Waals surface area contributed by atoms with Gasteiger partial charge in [0.15, 0.2) is 0 Å². The Morgan fingerprint density at radius 2 is 1.85 bits per heavy atom. The van der Waals surface area contributed by atoms with Crippen LogP contribution in [0.2, 0.25) is 0 Å². The van der Waals surface area contributed by atoms with Gasteiger partial charge in [-0.2, -0.15) is 0 Å². The molecule has 0 amide bonds. The van der Waals surface area contributed by atoms with E-state index in [0.717, 1.165) is 23.5 Å². The van der Waals surface area contributed by atoms with E-state index in [1.54, 1.807) is 6.33 Å². The Balaban J connectivity index is 1.89. The first-order valence-corrected chi connectivity index (χ1v) is 6.56. The van der Waals surface area contributed by atoms with Gasteiger partial charge in [0.25, 0.3) is 0 Å². The van der Waals surface area contributed by atoms with Crippen molar-refractivity contribution in [1.82, 2.24) is 14.8 Å². The highest BCUT2D eigenvalue weighted by Crippen LogP contribution is 2.36. The van der Waals surface area contributed by atoms with Gasteiger partial charge >= 0.3 is 0 Å². The standard InChI is InChI=1S/C16H12FN3/c17-12-7-5-11(6-8-12)14-9-16-19-18-10-20(16)15-4-2-1-3-13(14)15/h1-8,10,14H,9H2. The van der Waals surface area contributed by atoms with Gasteiger partial charge in [-0.15, -0.1) is 10.2 Å². The number of rotatable bonds is 1. The van der Waals surface area contributed by atoms with Crippen molar-refractivity contribution in [2.45, 2.75) is 12.3 Å². The van der Waals surface area contributed by atoms with E-state index in [2.05, 4.69) is 22.3 Å². The molecular weight excluding hydrogens is 253 g/mol. The summed E-state index contributed by atoms with van der Waals surface area (Å²) in [5, 5.41) is 8.19. The highest BCUT2D eigenvalue weighted by Gasteiger charge is 2.26. The van der Waals surface area contributed by atoms with Gasteiger partial charge in [-0.25, -0.2) is 4.39 Å². The monoisotopic (exact) mass is 265 g/mol. The fourth-order valence-electron chi connectivity index (χ4n) is 2.89.